The molecule has 0 amide bonds. The molecule has 2 atom stereocenters. The SMILES string of the molecule is COC1(c2nccc(C)c2[C@H]2CCN[C@H](C)C2)COC1. The molecule has 2 fully saturated rings. The number of hydrogen-bond donors (Lipinski definition) is 1. The molecule has 0 unspecified atom stereocenters. The molecule has 0 saturated carbocycles. The first kappa shape index (κ1) is 14.0. The average molecular weight is 276 g/mol. The van der Waals surface area contributed by atoms with E-state index in [1.54, 1.807) is 7.11 Å². The smallest absolute Gasteiger partial charge is 0.156 e. The number of aromatic nitrogens is 1. The Kier molecular flexibility index (Phi) is 3.80. The Morgan fingerprint density at radius 1 is 1.45 bits per heavy atom. The van der Waals surface area contributed by atoms with Crippen molar-refractivity contribution in [3.63, 3.8) is 0 Å². The number of ether oxygens (including phenoxy) is 2. The molecular formula is C16H24N2O2. The third-order valence-electron chi connectivity index (χ3n) is 4.73. The monoisotopic (exact) mass is 276 g/mol. The molecular weight excluding hydrogens is 252 g/mol. The Morgan fingerprint density at radius 3 is 2.85 bits per heavy atom. The molecule has 3 rings (SSSR count). The number of nitrogens with one attached hydrogen (secondary N) is 1. The van der Waals surface area contributed by atoms with Crippen LogP contribution in [0.1, 0.15) is 42.5 Å². The van der Waals surface area contributed by atoms with Crippen molar-refractivity contribution in [2.24, 2.45) is 0 Å². The van der Waals surface area contributed by atoms with E-state index in [-0.39, 0.29) is 5.60 Å². The Bertz CT molecular complexity index is 480. The van der Waals surface area contributed by atoms with E-state index < -0.39 is 0 Å². The zero-order valence-corrected chi connectivity index (χ0v) is 12.6. The van der Waals surface area contributed by atoms with E-state index >= 15 is 0 Å². The molecule has 1 N–H and O–H groups in total. The highest BCUT2D eigenvalue weighted by Gasteiger charge is 2.45. The zero-order valence-electron chi connectivity index (χ0n) is 12.6. The molecule has 3 heterocycles. The topological polar surface area (TPSA) is 43.4 Å². The minimum Gasteiger partial charge on any atom is -0.374 e. The van der Waals surface area contributed by atoms with Gasteiger partial charge in [-0.1, -0.05) is 0 Å². The minimum atomic E-state index is -0.324. The molecule has 0 spiro atoms. The number of piperidine rings is 1. The van der Waals surface area contributed by atoms with Crippen LogP contribution in [0.25, 0.3) is 0 Å². The van der Waals surface area contributed by atoms with Crippen LogP contribution in [0, 0.1) is 6.92 Å². The second-order valence-corrected chi connectivity index (χ2v) is 6.16. The lowest BCUT2D eigenvalue weighted by molar-refractivity contribution is -0.205. The summed E-state index contributed by atoms with van der Waals surface area (Å²) in [5.41, 5.74) is 3.50. The molecule has 1 aromatic rings. The Morgan fingerprint density at radius 2 is 2.25 bits per heavy atom. The highest BCUT2D eigenvalue weighted by Crippen LogP contribution is 2.40. The summed E-state index contributed by atoms with van der Waals surface area (Å²) in [5.74, 6) is 0.572. The van der Waals surface area contributed by atoms with Crippen molar-refractivity contribution in [3.05, 3.63) is 29.1 Å². The average Bonchev–Trinajstić information content (AvgIpc) is 2.38. The number of methoxy groups -OCH3 is 1. The standard InChI is InChI=1S/C16H24N2O2/c1-11-4-6-18-15(16(19-3)9-20-10-16)14(11)13-5-7-17-12(2)8-13/h4,6,12-13,17H,5,7-10H2,1-3H3/t12-,13+/m1/s1. The van der Waals surface area contributed by atoms with Crippen LogP contribution in [-0.4, -0.2) is 37.9 Å². The van der Waals surface area contributed by atoms with E-state index in [2.05, 4.69) is 30.2 Å². The van der Waals surface area contributed by atoms with Crippen LogP contribution in [0.3, 0.4) is 0 Å². The van der Waals surface area contributed by atoms with E-state index in [9.17, 15) is 0 Å². The Labute approximate surface area is 120 Å². The molecule has 0 aromatic carbocycles. The quantitative estimate of drug-likeness (QED) is 0.918. The fraction of sp³-hybridized carbons (Fsp3) is 0.688. The van der Waals surface area contributed by atoms with E-state index in [1.165, 1.54) is 24.0 Å². The summed E-state index contributed by atoms with van der Waals surface area (Å²) in [5, 5.41) is 3.52. The van der Waals surface area contributed by atoms with Gasteiger partial charge in [0, 0.05) is 19.3 Å². The van der Waals surface area contributed by atoms with Crippen molar-refractivity contribution < 1.29 is 9.47 Å². The number of hydrogen-bond acceptors (Lipinski definition) is 4. The van der Waals surface area contributed by atoms with Gasteiger partial charge in [-0.25, -0.2) is 0 Å². The second-order valence-electron chi connectivity index (χ2n) is 6.16. The second kappa shape index (κ2) is 5.43. The van der Waals surface area contributed by atoms with E-state index in [1.807, 2.05) is 6.20 Å². The molecule has 0 bridgehead atoms. The number of pyridine rings is 1. The maximum absolute atomic E-state index is 5.77. The summed E-state index contributed by atoms with van der Waals surface area (Å²) in [6.45, 7) is 6.77. The van der Waals surface area contributed by atoms with Crippen molar-refractivity contribution in [2.45, 2.75) is 44.2 Å². The van der Waals surface area contributed by atoms with Gasteiger partial charge in [-0.2, -0.15) is 0 Å². The highest BCUT2D eigenvalue weighted by atomic mass is 16.6. The maximum Gasteiger partial charge on any atom is 0.156 e. The van der Waals surface area contributed by atoms with Crippen LogP contribution < -0.4 is 5.32 Å². The van der Waals surface area contributed by atoms with Crippen molar-refractivity contribution in [1.82, 2.24) is 10.3 Å². The summed E-state index contributed by atoms with van der Waals surface area (Å²) in [4.78, 5) is 4.68. The third kappa shape index (κ3) is 2.26. The lowest BCUT2D eigenvalue weighted by Crippen LogP contribution is -2.50. The summed E-state index contributed by atoms with van der Waals surface area (Å²) >= 11 is 0. The predicted octanol–water partition coefficient (Wildman–Crippen LogP) is 2.12. The van der Waals surface area contributed by atoms with Crippen LogP contribution >= 0.6 is 0 Å². The molecule has 2 aliphatic heterocycles. The van der Waals surface area contributed by atoms with Crippen LogP contribution in [-0.2, 0) is 15.1 Å². The van der Waals surface area contributed by atoms with E-state index in [0.29, 0.717) is 25.2 Å². The number of aryl methyl sites for hydroxylation is 1. The van der Waals surface area contributed by atoms with Crippen molar-refractivity contribution >= 4 is 0 Å². The Balaban J connectivity index is 2.00. The zero-order chi connectivity index (χ0) is 14.2. The normalized spacial score (nSPS) is 28.9. The lowest BCUT2D eigenvalue weighted by atomic mass is 9.79. The molecule has 4 nitrogen and oxygen atoms in total. The number of rotatable bonds is 3. The van der Waals surface area contributed by atoms with Gasteiger partial charge < -0.3 is 14.8 Å². The van der Waals surface area contributed by atoms with Gasteiger partial charge in [0.15, 0.2) is 5.60 Å². The third-order valence-corrected chi connectivity index (χ3v) is 4.73. The van der Waals surface area contributed by atoms with Crippen molar-refractivity contribution in [3.8, 4) is 0 Å². The van der Waals surface area contributed by atoms with Crippen LogP contribution in [0.4, 0.5) is 0 Å². The Hall–Kier alpha value is -0.970. The van der Waals surface area contributed by atoms with Crippen LogP contribution in [0.15, 0.2) is 12.3 Å². The molecule has 0 aliphatic carbocycles. The lowest BCUT2D eigenvalue weighted by Gasteiger charge is -2.42. The van der Waals surface area contributed by atoms with Crippen LogP contribution in [0.5, 0.6) is 0 Å². The molecule has 2 aliphatic rings. The largest absolute Gasteiger partial charge is 0.374 e. The van der Waals surface area contributed by atoms with Gasteiger partial charge >= 0.3 is 0 Å². The van der Waals surface area contributed by atoms with E-state index in [0.717, 1.165) is 12.2 Å². The first-order valence-electron chi connectivity index (χ1n) is 7.48. The molecule has 110 valence electrons. The maximum atomic E-state index is 5.77. The number of nitrogens with zero attached hydrogens (tertiary/aromatic N) is 1. The van der Waals surface area contributed by atoms with Crippen molar-refractivity contribution in [2.75, 3.05) is 26.9 Å². The van der Waals surface area contributed by atoms with Crippen LogP contribution in [0.2, 0.25) is 0 Å². The minimum absolute atomic E-state index is 0.324. The van der Waals surface area contributed by atoms with Gasteiger partial charge in [0.2, 0.25) is 0 Å². The molecule has 20 heavy (non-hydrogen) atoms. The molecule has 4 heteroatoms. The van der Waals surface area contributed by atoms with Gasteiger partial charge in [0.05, 0.1) is 18.9 Å². The summed E-state index contributed by atoms with van der Waals surface area (Å²) in [6.07, 6.45) is 4.24. The first-order chi connectivity index (χ1) is 9.66. The predicted molar refractivity (Wildman–Crippen MR) is 77.9 cm³/mol. The van der Waals surface area contributed by atoms with Gasteiger partial charge in [-0.3, -0.25) is 4.98 Å². The summed E-state index contributed by atoms with van der Waals surface area (Å²) in [6, 6.07) is 2.69. The highest BCUT2D eigenvalue weighted by molar-refractivity contribution is 5.37. The fourth-order valence-corrected chi connectivity index (χ4v) is 3.48. The van der Waals surface area contributed by atoms with Gasteiger partial charge in [-0.15, -0.1) is 0 Å². The molecule has 0 radical (unpaired) electrons. The van der Waals surface area contributed by atoms with E-state index in [4.69, 9.17) is 9.47 Å². The van der Waals surface area contributed by atoms with Crippen molar-refractivity contribution in [1.29, 1.82) is 0 Å². The van der Waals surface area contributed by atoms with Gasteiger partial charge in [0.25, 0.3) is 0 Å². The summed E-state index contributed by atoms with van der Waals surface area (Å²) < 4.78 is 11.2. The molecule has 1 aromatic heterocycles. The van der Waals surface area contributed by atoms with Gasteiger partial charge in [-0.05, 0) is 56.3 Å². The first-order valence-corrected chi connectivity index (χ1v) is 7.48. The molecule has 2 saturated heterocycles. The summed E-state index contributed by atoms with van der Waals surface area (Å²) in [7, 11) is 1.77. The fourth-order valence-electron chi connectivity index (χ4n) is 3.48. The van der Waals surface area contributed by atoms with Gasteiger partial charge in [0.1, 0.15) is 0 Å².